The molecule has 0 saturated heterocycles. The van der Waals surface area contributed by atoms with Gasteiger partial charge in [-0.15, -0.1) is 0 Å². The highest BCUT2D eigenvalue weighted by Crippen LogP contribution is 2.48. The van der Waals surface area contributed by atoms with Gasteiger partial charge in [0.15, 0.2) is 0 Å². The minimum atomic E-state index is -0.162. The van der Waals surface area contributed by atoms with Gasteiger partial charge in [0.1, 0.15) is 0 Å². The van der Waals surface area contributed by atoms with Gasteiger partial charge in [-0.2, -0.15) is 5.26 Å². The molecule has 1 aromatic heterocycles. The SMILES string of the molecule is C=C(N)C1=C(C)Nc2c(C)cnc(OCC)c2C1c1ccc(C#N)cc1CC. The number of hydrogen-bond acceptors (Lipinski definition) is 5. The Labute approximate surface area is 166 Å². The predicted octanol–water partition coefficient (Wildman–Crippen LogP) is 4.53. The van der Waals surface area contributed by atoms with Crippen LogP contribution in [0.5, 0.6) is 5.88 Å². The number of ether oxygens (including phenoxy) is 1. The first-order valence-electron chi connectivity index (χ1n) is 9.50. The molecule has 0 amide bonds. The second kappa shape index (κ2) is 7.77. The molecular formula is C23H26N4O. The Morgan fingerprint density at radius 3 is 2.71 bits per heavy atom. The van der Waals surface area contributed by atoms with Gasteiger partial charge in [0.2, 0.25) is 5.88 Å². The van der Waals surface area contributed by atoms with Crippen molar-refractivity contribution in [3.05, 3.63) is 75.8 Å². The van der Waals surface area contributed by atoms with Crippen molar-refractivity contribution in [2.75, 3.05) is 11.9 Å². The number of anilines is 1. The topological polar surface area (TPSA) is 84.0 Å². The minimum Gasteiger partial charge on any atom is -0.478 e. The van der Waals surface area contributed by atoms with Gasteiger partial charge in [-0.05, 0) is 56.0 Å². The third-order valence-corrected chi connectivity index (χ3v) is 5.15. The van der Waals surface area contributed by atoms with Crippen molar-refractivity contribution in [2.45, 2.75) is 40.0 Å². The van der Waals surface area contributed by atoms with Crippen LogP contribution in [0.4, 0.5) is 5.69 Å². The highest BCUT2D eigenvalue weighted by Gasteiger charge is 2.34. The maximum atomic E-state index is 9.32. The van der Waals surface area contributed by atoms with Crippen molar-refractivity contribution in [2.24, 2.45) is 5.73 Å². The zero-order valence-corrected chi connectivity index (χ0v) is 16.9. The zero-order valence-electron chi connectivity index (χ0n) is 16.9. The van der Waals surface area contributed by atoms with Crippen LogP contribution in [0, 0.1) is 18.3 Å². The number of aromatic nitrogens is 1. The molecule has 2 heterocycles. The number of nitrogens with one attached hydrogen (secondary N) is 1. The fourth-order valence-electron chi connectivity index (χ4n) is 3.91. The van der Waals surface area contributed by atoms with Gasteiger partial charge in [0.05, 0.1) is 29.5 Å². The number of allylic oxidation sites excluding steroid dienone is 2. The predicted molar refractivity (Wildman–Crippen MR) is 112 cm³/mol. The summed E-state index contributed by atoms with van der Waals surface area (Å²) in [4.78, 5) is 4.56. The summed E-state index contributed by atoms with van der Waals surface area (Å²) < 4.78 is 5.90. The highest BCUT2D eigenvalue weighted by molar-refractivity contribution is 5.73. The third-order valence-electron chi connectivity index (χ3n) is 5.15. The van der Waals surface area contributed by atoms with Crippen LogP contribution in [0.2, 0.25) is 0 Å². The van der Waals surface area contributed by atoms with Crippen LogP contribution in [0.25, 0.3) is 0 Å². The van der Waals surface area contributed by atoms with E-state index in [0.29, 0.717) is 23.7 Å². The van der Waals surface area contributed by atoms with Crippen LogP contribution in [-0.4, -0.2) is 11.6 Å². The van der Waals surface area contributed by atoms with Crippen molar-refractivity contribution in [1.29, 1.82) is 5.26 Å². The molecule has 2 aromatic rings. The van der Waals surface area contributed by atoms with Crippen molar-refractivity contribution in [3.8, 4) is 11.9 Å². The summed E-state index contributed by atoms with van der Waals surface area (Å²) in [5.74, 6) is 0.434. The lowest BCUT2D eigenvalue weighted by Gasteiger charge is -2.34. The molecule has 144 valence electrons. The first-order chi connectivity index (χ1) is 13.4. The van der Waals surface area contributed by atoms with E-state index in [2.05, 4.69) is 29.9 Å². The van der Waals surface area contributed by atoms with E-state index in [-0.39, 0.29) is 5.92 Å². The summed E-state index contributed by atoms with van der Waals surface area (Å²) in [6, 6.07) is 8.05. The fraction of sp³-hybridized carbons (Fsp3) is 0.304. The van der Waals surface area contributed by atoms with Crippen molar-refractivity contribution >= 4 is 5.69 Å². The van der Waals surface area contributed by atoms with E-state index < -0.39 is 0 Å². The molecule has 0 saturated carbocycles. The number of pyridine rings is 1. The number of nitrogens with two attached hydrogens (primary N) is 1. The lowest BCUT2D eigenvalue weighted by Crippen LogP contribution is -2.24. The number of fused-ring (bicyclic) bond motifs is 1. The normalized spacial score (nSPS) is 15.5. The Kier molecular flexibility index (Phi) is 5.41. The minimum absolute atomic E-state index is 0.162. The van der Waals surface area contributed by atoms with E-state index in [0.717, 1.165) is 45.6 Å². The van der Waals surface area contributed by atoms with Gasteiger partial charge in [-0.3, -0.25) is 0 Å². The summed E-state index contributed by atoms with van der Waals surface area (Å²) in [6.07, 6.45) is 2.62. The lowest BCUT2D eigenvalue weighted by atomic mass is 9.77. The van der Waals surface area contributed by atoms with Gasteiger partial charge >= 0.3 is 0 Å². The summed E-state index contributed by atoms with van der Waals surface area (Å²) in [5.41, 5.74) is 14.5. The van der Waals surface area contributed by atoms with Crippen LogP contribution in [0.15, 0.2) is 47.9 Å². The molecule has 1 atom stereocenters. The smallest absolute Gasteiger partial charge is 0.219 e. The van der Waals surface area contributed by atoms with Crippen molar-refractivity contribution in [3.63, 3.8) is 0 Å². The molecule has 3 N–H and O–H groups in total. The number of benzene rings is 1. The number of hydrogen-bond donors (Lipinski definition) is 2. The highest BCUT2D eigenvalue weighted by atomic mass is 16.5. The van der Waals surface area contributed by atoms with Crippen LogP contribution in [0.3, 0.4) is 0 Å². The molecule has 0 aliphatic carbocycles. The Morgan fingerprint density at radius 1 is 1.36 bits per heavy atom. The first-order valence-corrected chi connectivity index (χ1v) is 9.50. The third kappa shape index (κ3) is 3.22. The largest absolute Gasteiger partial charge is 0.478 e. The molecule has 0 fully saturated rings. The van der Waals surface area contributed by atoms with Gasteiger partial charge in [0.25, 0.3) is 0 Å². The molecule has 5 nitrogen and oxygen atoms in total. The Bertz CT molecular complexity index is 1010. The van der Waals surface area contributed by atoms with E-state index in [1.54, 1.807) is 0 Å². The van der Waals surface area contributed by atoms with E-state index in [1.807, 2.05) is 45.2 Å². The lowest BCUT2D eigenvalue weighted by molar-refractivity contribution is 0.322. The summed E-state index contributed by atoms with van der Waals surface area (Å²) in [6.45, 7) is 12.6. The number of aryl methyl sites for hydroxylation is 2. The first kappa shape index (κ1) is 19.5. The molecule has 1 aliphatic heterocycles. The van der Waals surface area contributed by atoms with Crippen molar-refractivity contribution in [1.82, 2.24) is 4.98 Å². The average molecular weight is 374 g/mol. The maximum absolute atomic E-state index is 9.32. The van der Waals surface area contributed by atoms with Gasteiger partial charge < -0.3 is 15.8 Å². The van der Waals surface area contributed by atoms with E-state index in [4.69, 9.17) is 10.5 Å². The standard InChI is InChI=1S/C23H26N4O/c1-6-17-10-16(11-24)8-9-18(17)20-19(14(4)25)15(5)27-22-13(3)12-26-23(21(20)22)28-7-2/h8-10,12,20,27H,4,6-7,25H2,1-3,5H3. The molecule has 1 unspecified atom stereocenters. The summed E-state index contributed by atoms with van der Waals surface area (Å²) in [5, 5.41) is 12.8. The molecule has 0 radical (unpaired) electrons. The number of nitrogens with zero attached hydrogens (tertiary/aromatic N) is 2. The van der Waals surface area contributed by atoms with Gasteiger partial charge in [0, 0.05) is 29.1 Å². The number of rotatable bonds is 5. The molecule has 0 bridgehead atoms. The fourth-order valence-corrected chi connectivity index (χ4v) is 3.91. The second-order valence-corrected chi connectivity index (χ2v) is 6.97. The second-order valence-electron chi connectivity index (χ2n) is 6.97. The summed E-state index contributed by atoms with van der Waals surface area (Å²) >= 11 is 0. The Balaban J connectivity index is 2.37. The van der Waals surface area contributed by atoms with E-state index in [9.17, 15) is 5.26 Å². The monoisotopic (exact) mass is 374 g/mol. The zero-order chi connectivity index (χ0) is 20.4. The molecule has 28 heavy (non-hydrogen) atoms. The van der Waals surface area contributed by atoms with Gasteiger partial charge in [-0.1, -0.05) is 19.6 Å². The maximum Gasteiger partial charge on any atom is 0.219 e. The van der Waals surface area contributed by atoms with Crippen LogP contribution >= 0.6 is 0 Å². The Morgan fingerprint density at radius 2 is 2.11 bits per heavy atom. The van der Waals surface area contributed by atoms with Gasteiger partial charge in [-0.25, -0.2) is 4.98 Å². The van der Waals surface area contributed by atoms with Crippen molar-refractivity contribution < 1.29 is 4.74 Å². The van der Waals surface area contributed by atoms with E-state index >= 15 is 0 Å². The van der Waals surface area contributed by atoms with Crippen LogP contribution < -0.4 is 15.8 Å². The van der Waals surface area contributed by atoms with E-state index in [1.165, 1.54) is 0 Å². The average Bonchev–Trinajstić information content (AvgIpc) is 2.68. The molecule has 1 aliphatic rings. The molecule has 0 spiro atoms. The molecular weight excluding hydrogens is 348 g/mol. The number of nitriles is 1. The van der Waals surface area contributed by atoms with Crippen LogP contribution in [-0.2, 0) is 6.42 Å². The molecule has 5 heteroatoms. The molecule has 1 aromatic carbocycles. The quantitative estimate of drug-likeness (QED) is 0.803. The van der Waals surface area contributed by atoms with Crippen LogP contribution in [0.1, 0.15) is 54.5 Å². The summed E-state index contributed by atoms with van der Waals surface area (Å²) in [7, 11) is 0. The Hall–Kier alpha value is -3.26. The molecule has 3 rings (SSSR count).